The van der Waals surface area contributed by atoms with Gasteiger partial charge in [0.25, 0.3) is 5.91 Å². The molecule has 28 heavy (non-hydrogen) atoms. The fourth-order valence-electron chi connectivity index (χ4n) is 2.83. The van der Waals surface area contributed by atoms with Crippen molar-refractivity contribution >= 4 is 17.3 Å². The van der Waals surface area contributed by atoms with Gasteiger partial charge >= 0.3 is 0 Å². The summed E-state index contributed by atoms with van der Waals surface area (Å²) in [6, 6.07) is 15.2. The molecule has 0 saturated carbocycles. The maximum atomic E-state index is 12.6. The van der Waals surface area contributed by atoms with E-state index in [1.807, 2.05) is 49.4 Å². The molecule has 1 aromatic heterocycles. The number of nitrogens with one attached hydrogen (secondary N) is 2. The van der Waals surface area contributed by atoms with Gasteiger partial charge in [-0.05, 0) is 36.8 Å². The monoisotopic (exact) mass is 377 g/mol. The maximum Gasteiger partial charge on any atom is 0.253 e. The van der Waals surface area contributed by atoms with Gasteiger partial charge in [0.15, 0.2) is 0 Å². The van der Waals surface area contributed by atoms with Crippen molar-refractivity contribution in [2.75, 3.05) is 19.5 Å². The van der Waals surface area contributed by atoms with Crippen molar-refractivity contribution in [3.63, 3.8) is 0 Å². The normalized spacial score (nSPS) is 10.2. The molecule has 0 radical (unpaired) electrons. The third-order valence-electron chi connectivity index (χ3n) is 4.27. The fraction of sp³-hybridized carbons (Fsp3) is 0.182. The van der Waals surface area contributed by atoms with Crippen LogP contribution in [0.1, 0.15) is 21.5 Å². The Bertz CT molecular complexity index is 973. The molecule has 3 rings (SSSR count). The summed E-state index contributed by atoms with van der Waals surface area (Å²) in [7, 11) is 3.23. The summed E-state index contributed by atoms with van der Waals surface area (Å²) in [5, 5.41) is 6.17. The van der Waals surface area contributed by atoms with E-state index in [0.29, 0.717) is 17.8 Å². The zero-order valence-corrected chi connectivity index (χ0v) is 16.2. The lowest BCUT2D eigenvalue weighted by atomic mass is 10.2. The average Bonchev–Trinajstić information content (AvgIpc) is 2.72. The SMILES string of the molecule is COc1ccccc1CNC(=O)c1cncc(Nc2cc(C)ccc2OC)c1. The van der Waals surface area contributed by atoms with Crippen LogP contribution in [0.25, 0.3) is 0 Å². The average molecular weight is 377 g/mol. The van der Waals surface area contributed by atoms with Crippen LogP contribution in [0.15, 0.2) is 60.9 Å². The summed E-state index contributed by atoms with van der Waals surface area (Å²) < 4.78 is 10.7. The molecule has 0 bridgehead atoms. The Balaban J connectivity index is 1.72. The highest BCUT2D eigenvalue weighted by Gasteiger charge is 2.10. The van der Waals surface area contributed by atoms with Crippen LogP contribution in [-0.2, 0) is 6.54 Å². The maximum absolute atomic E-state index is 12.6. The van der Waals surface area contributed by atoms with Crippen molar-refractivity contribution in [1.82, 2.24) is 10.3 Å². The van der Waals surface area contributed by atoms with Gasteiger partial charge in [-0.25, -0.2) is 0 Å². The number of aryl methyl sites for hydroxylation is 1. The molecule has 6 nitrogen and oxygen atoms in total. The number of anilines is 2. The molecule has 0 spiro atoms. The molecule has 0 saturated heterocycles. The highest BCUT2D eigenvalue weighted by molar-refractivity contribution is 5.94. The minimum atomic E-state index is -0.210. The number of carbonyl (C=O) groups is 1. The highest BCUT2D eigenvalue weighted by Crippen LogP contribution is 2.28. The summed E-state index contributed by atoms with van der Waals surface area (Å²) >= 11 is 0. The fourth-order valence-corrected chi connectivity index (χ4v) is 2.83. The lowest BCUT2D eigenvalue weighted by Crippen LogP contribution is -2.23. The van der Waals surface area contributed by atoms with E-state index < -0.39 is 0 Å². The number of nitrogens with zero attached hydrogens (tertiary/aromatic N) is 1. The van der Waals surface area contributed by atoms with Crippen LogP contribution in [0, 0.1) is 6.92 Å². The molecular formula is C22H23N3O3. The third kappa shape index (κ3) is 4.59. The quantitative estimate of drug-likeness (QED) is 0.649. The molecule has 2 aromatic carbocycles. The van der Waals surface area contributed by atoms with Crippen molar-refractivity contribution in [3.05, 3.63) is 77.6 Å². The zero-order chi connectivity index (χ0) is 19.9. The van der Waals surface area contributed by atoms with Gasteiger partial charge in [-0.1, -0.05) is 24.3 Å². The van der Waals surface area contributed by atoms with E-state index in [4.69, 9.17) is 9.47 Å². The molecule has 2 N–H and O–H groups in total. The predicted molar refractivity (Wildman–Crippen MR) is 109 cm³/mol. The van der Waals surface area contributed by atoms with Gasteiger partial charge in [0.2, 0.25) is 0 Å². The van der Waals surface area contributed by atoms with E-state index in [0.717, 1.165) is 28.3 Å². The first-order valence-electron chi connectivity index (χ1n) is 8.87. The van der Waals surface area contributed by atoms with Crippen LogP contribution >= 0.6 is 0 Å². The van der Waals surface area contributed by atoms with Crippen molar-refractivity contribution in [2.45, 2.75) is 13.5 Å². The van der Waals surface area contributed by atoms with Crippen LogP contribution in [0.5, 0.6) is 11.5 Å². The zero-order valence-electron chi connectivity index (χ0n) is 16.2. The van der Waals surface area contributed by atoms with Gasteiger partial charge in [0, 0.05) is 18.3 Å². The second-order valence-electron chi connectivity index (χ2n) is 6.29. The Morgan fingerprint density at radius 3 is 2.57 bits per heavy atom. The summed E-state index contributed by atoms with van der Waals surface area (Å²) in [5.74, 6) is 1.25. The molecule has 0 aliphatic heterocycles. The van der Waals surface area contributed by atoms with Crippen molar-refractivity contribution < 1.29 is 14.3 Å². The van der Waals surface area contributed by atoms with Crippen LogP contribution in [0.2, 0.25) is 0 Å². The predicted octanol–water partition coefficient (Wildman–Crippen LogP) is 4.08. The van der Waals surface area contributed by atoms with Gasteiger partial charge in [0.05, 0.1) is 37.4 Å². The Morgan fingerprint density at radius 1 is 1.00 bits per heavy atom. The van der Waals surface area contributed by atoms with Gasteiger partial charge in [-0.2, -0.15) is 0 Å². The number of aromatic nitrogens is 1. The van der Waals surface area contributed by atoms with Crippen molar-refractivity contribution in [3.8, 4) is 11.5 Å². The van der Waals surface area contributed by atoms with Gasteiger partial charge < -0.3 is 20.1 Å². The van der Waals surface area contributed by atoms with Crippen LogP contribution in [0.3, 0.4) is 0 Å². The van der Waals surface area contributed by atoms with E-state index in [1.54, 1.807) is 26.5 Å². The Kier molecular flexibility index (Phi) is 6.11. The van der Waals surface area contributed by atoms with Gasteiger partial charge in [-0.3, -0.25) is 9.78 Å². The minimum Gasteiger partial charge on any atom is -0.496 e. The Morgan fingerprint density at radius 2 is 1.79 bits per heavy atom. The lowest BCUT2D eigenvalue weighted by molar-refractivity contribution is 0.0950. The Labute approximate surface area is 164 Å². The molecule has 144 valence electrons. The summed E-state index contributed by atoms with van der Waals surface area (Å²) in [6.45, 7) is 2.37. The standard InChI is InChI=1S/C22H23N3O3/c1-15-8-9-21(28-3)19(10-15)25-18-11-17(12-23-14-18)22(26)24-13-16-6-4-5-7-20(16)27-2/h4-12,14,25H,13H2,1-3H3,(H,24,26). The number of carbonyl (C=O) groups excluding carboxylic acids is 1. The number of benzene rings is 2. The molecule has 3 aromatic rings. The molecule has 0 atom stereocenters. The molecular weight excluding hydrogens is 354 g/mol. The molecule has 0 unspecified atom stereocenters. The minimum absolute atomic E-state index is 0.210. The van der Waals surface area contributed by atoms with E-state index >= 15 is 0 Å². The molecule has 0 fully saturated rings. The highest BCUT2D eigenvalue weighted by atomic mass is 16.5. The first-order chi connectivity index (χ1) is 13.6. The largest absolute Gasteiger partial charge is 0.496 e. The Hall–Kier alpha value is -3.54. The van der Waals surface area contributed by atoms with Crippen molar-refractivity contribution in [1.29, 1.82) is 0 Å². The molecule has 0 aliphatic carbocycles. The van der Waals surface area contributed by atoms with Crippen LogP contribution < -0.4 is 20.1 Å². The first-order valence-corrected chi connectivity index (χ1v) is 8.87. The number of hydrogen-bond donors (Lipinski definition) is 2. The number of methoxy groups -OCH3 is 2. The summed E-state index contributed by atoms with van der Waals surface area (Å²) in [4.78, 5) is 16.7. The van der Waals surface area contributed by atoms with E-state index in [-0.39, 0.29) is 5.91 Å². The molecule has 0 aliphatic rings. The first kappa shape index (κ1) is 19.2. The van der Waals surface area contributed by atoms with Gasteiger partial charge in [0.1, 0.15) is 11.5 Å². The van der Waals surface area contributed by atoms with E-state index in [9.17, 15) is 4.79 Å². The molecule has 1 amide bonds. The number of pyridine rings is 1. The van der Waals surface area contributed by atoms with Gasteiger partial charge in [-0.15, -0.1) is 0 Å². The van der Waals surface area contributed by atoms with E-state index in [1.165, 1.54) is 6.20 Å². The van der Waals surface area contributed by atoms with Crippen LogP contribution in [0.4, 0.5) is 11.4 Å². The van der Waals surface area contributed by atoms with E-state index in [2.05, 4.69) is 15.6 Å². The summed E-state index contributed by atoms with van der Waals surface area (Å²) in [5.41, 5.74) is 3.99. The number of amides is 1. The molecule has 6 heteroatoms. The smallest absolute Gasteiger partial charge is 0.253 e. The number of ether oxygens (including phenoxy) is 2. The second kappa shape index (κ2) is 8.90. The number of para-hydroxylation sites is 1. The number of rotatable bonds is 7. The number of hydrogen-bond acceptors (Lipinski definition) is 5. The molecule has 1 heterocycles. The topological polar surface area (TPSA) is 72.5 Å². The van der Waals surface area contributed by atoms with Crippen LogP contribution in [-0.4, -0.2) is 25.1 Å². The van der Waals surface area contributed by atoms with Crippen molar-refractivity contribution in [2.24, 2.45) is 0 Å². The third-order valence-corrected chi connectivity index (χ3v) is 4.27. The second-order valence-corrected chi connectivity index (χ2v) is 6.29. The lowest BCUT2D eigenvalue weighted by Gasteiger charge is -2.13. The summed E-state index contributed by atoms with van der Waals surface area (Å²) in [6.07, 6.45) is 3.20.